The van der Waals surface area contributed by atoms with Crippen molar-refractivity contribution in [2.24, 2.45) is 5.92 Å². The molecule has 0 spiro atoms. The zero-order valence-electron chi connectivity index (χ0n) is 13.4. The average molecular weight is 319 g/mol. The van der Waals surface area contributed by atoms with Crippen molar-refractivity contribution in [2.75, 3.05) is 13.1 Å². The summed E-state index contributed by atoms with van der Waals surface area (Å²) in [5.41, 5.74) is 0.965. The molecule has 6 nitrogen and oxygen atoms in total. The van der Waals surface area contributed by atoms with E-state index in [-0.39, 0.29) is 0 Å². The number of aliphatic hydroxyl groups excluding tert-OH is 1. The minimum absolute atomic E-state index is 0.300. The Morgan fingerprint density at radius 1 is 1.30 bits per heavy atom. The first kappa shape index (κ1) is 18.9. The highest BCUT2D eigenvalue weighted by molar-refractivity contribution is 5.65. The van der Waals surface area contributed by atoms with E-state index in [4.69, 9.17) is 10.4 Å². The average Bonchev–Trinajstić information content (AvgIpc) is 2.52. The van der Waals surface area contributed by atoms with Crippen molar-refractivity contribution in [3.8, 4) is 6.07 Å². The summed E-state index contributed by atoms with van der Waals surface area (Å²) >= 11 is 0. The van der Waals surface area contributed by atoms with Crippen molar-refractivity contribution in [1.82, 2.24) is 10.6 Å². The quantitative estimate of drug-likeness (QED) is 0.526. The molecule has 6 heteroatoms. The SMILES string of the molecule is CC(CCC#N)CNC[C@@H](O)[C@H](Cc1ccccc1)NC(=O)O. The summed E-state index contributed by atoms with van der Waals surface area (Å²) < 4.78 is 0. The van der Waals surface area contributed by atoms with E-state index in [0.29, 0.717) is 31.8 Å². The Bertz CT molecular complexity index is 502. The number of hydrogen-bond donors (Lipinski definition) is 4. The van der Waals surface area contributed by atoms with Crippen LogP contribution in [-0.4, -0.2) is 41.5 Å². The fourth-order valence-corrected chi connectivity index (χ4v) is 2.34. The van der Waals surface area contributed by atoms with Gasteiger partial charge < -0.3 is 20.8 Å². The zero-order valence-corrected chi connectivity index (χ0v) is 13.4. The molecule has 4 N–H and O–H groups in total. The third kappa shape index (κ3) is 8.19. The van der Waals surface area contributed by atoms with Gasteiger partial charge in [-0.15, -0.1) is 0 Å². The molecule has 0 radical (unpaired) electrons. The van der Waals surface area contributed by atoms with Gasteiger partial charge in [-0.05, 0) is 30.9 Å². The number of carboxylic acid groups (broad SMARTS) is 1. The van der Waals surface area contributed by atoms with Gasteiger partial charge in [0.2, 0.25) is 0 Å². The minimum atomic E-state index is -1.15. The van der Waals surface area contributed by atoms with Crippen molar-refractivity contribution >= 4 is 6.09 Å². The summed E-state index contributed by atoms with van der Waals surface area (Å²) in [4.78, 5) is 10.9. The van der Waals surface area contributed by atoms with Crippen LogP contribution in [0.3, 0.4) is 0 Å². The van der Waals surface area contributed by atoms with E-state index in [1.165, 1.54) is 0 Å². The normalized spacial score (nSPS) is 14.5. The van der Waals surface area contributed by atoms with Crippen LogP contribution in [0.2, 0.25) is 0 Å². The lowest BCUT2D eigenvalue weighted by Crippen LogP contribution is -2.48. The van der Waals surface area contributed by atoms with Crippen molar-refractivity contribution in [3.63, 3.8) is 0 Å². The van der Waals surface area contributed by atoms with Crippen LogP contribution in [0.1, 0.15) is 25.3 Å². The topological polar surface area (TPSA) is 105 Å². The van der Waals surface area contributed by atoms with Gasteiger partial charge >= 0.3 is 6.09 Å². The Balaban J connectivity index is 2.47. The Labute approximate surface area is 137 Å². The third-order valence-corrected chi connectivity index (χ3v) is 3.67. The number of carbonyl (C=O) groups is 1. The van der Waals surface area contributed by atoms with E-state index in [2.05, 4.69) is 16.7 Å². The molecule has 126 valence electrons. The third-order valence-electron chi connectivity index (χ3n) is 3.67. The van der Waals surface area contributed by atoms with E-state index < -0.39 is 18.2 Å². The number of nitrogens with zero attached hydrogens (tertiary/aromatic N) is 1. The highest BCUT2D eigenvalue weighted by Crippen LogP contribution is 2.07. The summed E-state index contributed by atoms with van der Waals surface area (Å²) in [6.07, 6.45) is -0.218. The predicted octanol–water partition coefficient (Wildman–Crippen LogP) is 1.76. The molecule has 0 aliphatic rings. The largest absolute Gasteiger partial charge is 0.465 e. The van der Waals surface area contributed by atoms with Crippen molar-refractivity contribution in [2.45, 2.75) is 38.3 Å². The fourth-order valence-electron chi connectivity index (χ4n) is 2.34. The number of hydrogen-bond acceptors (Lipinski definition) is 4. The first-order valence-corrected chi connectivity index (χ1v) is 7.82. The maximum absolute atomic E-state index is 10.9. The standard InChI is InChI=1S/C17H25N3O3/c1-13(6-5-9-18)11-19-12-16(21)15(20-17(22)23)10-14-7-3-2-4-8-14/h2-4,7-8,13,15-16,19-21H,5-6,10-12H2,1H3,(H,22,23)/t13?,15-,16+/m0/s1. The summed E-state index contributed by atoms with van der Waals surface area (Å²) in [5, 5.41) is 33.3. The molecule has 1 aromatic rings. The Morgan fingerprint density at radius 2 is 2.00 bits per heavy atom. The Hall–Kier alpha value is -2.10. The van der Waals surface area contributed by atoms with E-state index in [9.17, 15) is 9.90 Å². The molecule has 3 atom stereocenters. The molecule has 1 unspecified atom stereocenters. The minimum Gasteiger partial charge on any atom is -0.465 e. The molecular weight excluding hydrogens is 294 g/mol. The molecule has 1 rings (SSSR count). The van der Waals surface area contributed by atoms with Crippen LogP contribution in [0.25, 0.3) is 0 Å². The maximum Gasteiger partial charge on any atom is 0.404 e. The number of amides is 1. The Morgan fingerprint density at radius 3 is 2.61 bits per heavy atom. The lowest BCUT2D eigenvalue weighted by Gasteiger charge is -2.24. The van der Waals surface area contributed by atoms with E-state index in [1.807, 2.05) is 37.3 Å². The van der Waals surface area contributed by atoms with Gasteiger partial charge in [0.1, 0.15) is 0 Å². The number of rotatable bonds is 10. The summed E-state index contributed by atoms with van der Waals surface area (Å²) in [7, 11) is 0. The molecule has 0 aromatic heterocycles. The number of nitrogens with one attached hydrogen (secondary N) is 2. The number of nitriles is 1. The smallest absolute Gasteiger partial charge is 0.404 e. The first-order chi connectivity index (χ1) is 11.0. The molecule has 1 aromatic carbocycles. The van der Waals surface area contributed by atoms with Crippen molar-refractivity contribution < 1.29 is 15.0 Å². The zero-order chi connectivity index (χ0) is 17.1. The predicted molar refractivity (Wildman–Crippen MR) is 88.0 cm³/mol. The molecule has 1 amide bonds. The van der Waals surface area contributed by atoms with Crippen LogP contribution in [0.5, 0.6) is 0 Å². The van der Waals surface area contributed by atoms with Crippen molar-refractivity contribution in [1.29, 1.82) is 5.26 Å². The van der Waals surface area contributed by atoms with Crippen LogP contribution < -0.4 is 10.6 Å². The van der Waals surface area contributed by atoms with Gasteiger partial charge in [-0.25, -0.2) is 4.79 Å². The van der Waals surface area contributed by atoms with Crippen LogP contribution in [0.4, 0.5) is 4.79 Å². The van der Waals surface area contributed by atoms with Gasteiger partial charge in [0.05, 0.1) is 18.2 Å². The van der Waals surface area contributed by atoms with Crippen LogP contribution >= 0.6 is 0 Å². The monoisotopic (exact) mass is 319 g/mol. The van der Waals surface area contributed by atoms with Gasteiger partial charge in [-0.3, -0.25) is 0 Å². The second kappa shape index (κ2) is 10.6. The van der Waals surface area contributed by atoms with Crippen LogP contribution in [0, 0.1) is 17.2 Å². The summed E-state index contributed by atoms with van der Waals surface area (Å²) in [6, 6.07) is 11.0. The molecule has 0 fully saturated rings. The summed E-state index contributed by atoms with van der Waals surface area (Å²) in [5.74, 6) is 0.335. The lowest BCUT2D eigenvalue weighted by atomic mass is 10.0. The molecule has 0 bridgehead atoms. The molecule has 23 heavy (non-hydrogen) atoms. The van der Waals surface area contributed by atoms with Crippen LogP contribution in [0.15, 0.2) is 30.3 Å². The van der Waals surface area contributed by atoms with Crippen molar-refractivity contribution in [3.05, 3.63) is 35.9 Å². The fraction of sp³-hybridized carbons (Fsp3) is 0.529. The van der Waals surface area contributed by atoms with Gasteiger partial charge in [-0.2, -0.15) is 5.26 Å². The highest BCUT2D eigenvalue weighted by atomic mass is 16.4. The second-order valence-corrected chi connectivity index (χ2v) is 5.77. The van der Waals surface area contributed by atoms with Gasteiger partial charge in [0, 0.05) is 13.0 Å². The molecule has 0 saturated carbocycles. The van der Waals surface area contributed by atoms with Gasteiger partial charge in [0.25, 0.3) is 0 Å². The maximum atomic E-state index is 10.9. The lowest BCUT2D eigenvalue weighted by molar-refractivity contribution is 0.117. The Kier molecular flexibility index (Phi) is 8.73. The number of benzene rings is 1. The summed E-state index contributed by atoms with van der Waals surface area (Å²) in [6.45, 7) is 3.02. The number of aliphatic hydroxyl groups is 1. The molecular formula is C17H25N3O3. The first-order valence-electron chi connectivity index (χ1n) is 7.82. The molecule has 0 heterocycles. The second-order valence-electron chi connectivity index (χ2n) is 5.77. The van der Waals surface area contributed by atoms with E-state index >= 15 is 0 Å². The highest BCUT2D eigenvalue weighted by Gasteiger charge is 2.21. The molecule has 0 aliphatic heterocycles. The van der Waals surface area contributed by atoms with Gasteiger partial charge in [-0.1, -0.05) is 37.3 Å². The molecule has 0 aliphatic carbocycles. The van der Waals surface area contributed by atoms with Gasteiger partial charge in [0.15, 0.2) is 0 Å². The van der Waals surface area contributed by atoms with E-state index in [0.717, 1.165) is 12.0 Å². The van der Waals surface area contributed by atoms with Crippen LogP contribution in [-0.2, 0) is 6.42 Å². The van der Waals surface area contributed by atoms with E-state index in [1.54, 1.807) is 0 Å². The molecule has 0 saturated heterocycles.